The minimum Gasteiger partial charge on any atom is -0.385 e. The first kappa shape index (κ1) is 24.4. The molecule has 0 aliphatic heterocycles. The molecule has 0 saturated heterocycles. The summed E-state index contributed by atoms with van der Waals surface area (Å²) >= 11 is 0. The molecule has 1 aromatic carbocycles. The van der Waals surface area contributed by atoms with Gasteiger partial charge in [0.1, 0.15) is 0 Å². The molecule has 0 N–H and O–H groups in total. The van der Waals surface area contributed by atoms with Crippen LogP contribution in [0.5, 0.6) is 0 Å². The van der Waals surface area contributed by atoms with Crippen molar-refractivity contribution in [2.45, 2.75) is 64.2 Å². The van der Waals surface area contributed by atoms with Crippen molar-refractivity contribution in [2.75, 3.05) is 20.3 Å². The maximum Gasteiger partial charge on any atom is 0.416 e. The molecule has 2 aromatic rings. The van der Waals surface area contributed by atoms with Crippen molar-refractivity contribution in [1.82, 2.24) is 9.47 Å². The van der Waals surface area contributed by atoms with Crippen molar-refractivity contribution in [3.05, 3.63) is 59.4 Å². The molecule has 1 aromatic heterocycles. The van der Waals surface area contributed by atoms with Gasteiger partial charge in [-0.3, -0.25) is 4.79 Å². The van der Waals surface area contributed by atoms with E-state index >= 15 is 0 Å². The molecule has 1 saturated carbocycles. The predicted octanol–water partition coefficient (Wildman–Crippen LogP) is 5.89. The molecule has 32 heavy (non-hydrogen) atoms. The lowest BCUT2D eigenvalue weighted by Crippen LogP contribution is -2.33. The van der Waals surface area contributed by atoms with Gasteiger partial charge in [-0.2, -0.15) is 13.2 Å². The van der Waals surface area contributed by atoms with Gasteiger partial charge in [0.25, 0.3) is 0 Å². The molecular weight excluding hydrogens is 417 g/mol. The number of ether oxygens (including phenoxy) is 1. The Morgan fingerprint density at radius 3 is 2.69 bits per heavy atom. The van der Waals surface area contributed by atoms with Crippen molar-refractivity contribution < 1.29 is 22.7 Å². The van der Waals surface area contributed by atoms with Crippen LogP contribution in [-0.2, 0) is 28.8 Å². The third kappa shape index (κ3) is 7.12. The zero-order chi connectivity index (χ0) is 23.0. The van der Waals surface area contributed by atoms with Gasteiger partial charge in [0.2, 0.25) is 5.91 Å². The molecule has 0 spiro atoms. The number of carbonyl (C=O) groups excluding carboxylic acids is 1. The van der Waals surface area contributed by atoms with E-state index in [0.29, 0.717) is 44.1 Å². The highest BCUT2D eigenvalue weighted by Crippen LogP contribution is 2.30. The average Bonchev–Trinajstić information content (AvgIpc) is 3.43. The van der Waals surface area contributed by atoms with Crippen molar-refractivity contribution in [3.63, 3.8) is 0 Å². The zero-order valence-electron chi connectivity index (χ0n) is 18.7. The molecule has 0 unspecified atom stereocenters. The molecule has 1 aliphatic rings. The van der Waals surface area contributed by atoms with E-state index in [1.807, 2.05) is 27.8 Å². The Hall–Kier alpha value is -2.28. The fourth-order valence-electron chi connectivity index (χ4n) is 4.46. The molecule has 3 rings (SSSR count). The number of aromatic nitrogens is 1. The molecule has 176 valence electrons. The van der Waals surface area contributed by atoms with E-state index in [4.69, 9.17) is 4.74 Å². The fourth-order valence-corrected chi connectivity index (χ4v) is 4.46. The molecular formula is C25H33F3N2O2. The van der Waals surface area contributed by atoms with Crippen LogP contribution in [0.4, 0.5) is 13.2 Å². The second-order valence-corrected chi connectivity index (χ2v) is 8.68. The Morgan fingerprint density at radius 2 is 1.97 bits per heavy atom. The molecule has 0 atom stereocenters. The van der Waals surface area contributed by atoms with E-state index < -0.39 is 11.7 Å². The van der Waals surface area contributed by atoms with Gasteiger partial charge in [-0.25, -0.2) is 0 Å². The highest BCUT2D eigenvalue weighted by molar-refractivity contribution is 5.76. The summed E-state index contributed by atoms with van der Waals surface area (Å²) in [5, 5.41) is 0. The summed E-state index contributed by atoms with van der Waals surface area (Å²) in [5.41, 5.74) is 0.844. The SMILES string of the molecule is COCCCN(Cc1cccn1Cc1cccc(C(F)(F)F)c1)C(=O)CCC1CCCC1. The number of benzene rings is 1. The number of hydrogen-bond donors (Lipinski definition) is 0. The van der Waals surface area contributed by atoms with E-state index in [9.17, 15) is 18.0 Å². The predicted molar refractivity (Wildman–Crippen MR) is 118 cm³/mol. The lowest BCUT2D eigenvalue weighted by atomic mass is 10.0. The van der Waals surface area contributed by atoms with Crippen LogP contribution in [0.2, 0.25) is 0 Å². The smallest absolute Gasteiger partial charge is 0.385 e. The molecule has 1 fully saturated rings. The quantitative estimate of drug-likeness (QED) is 0.400. The Labute approximate surface area is 188 Å². The van der Waals surface area contributed by atoms with Gasteiger partial charge in [0, 0.05) is 45.1 Å². The summed E-state index contributed by atoms with van der Waals surface area (Å²) in [4.78, 5) is 14.9. The number of hydrogen-bond acceptors (Lipinski definition) is 2. The topological polar surface area (TPSA) is 34.5 Å². The van der Waals surface area contributed by atoms with E-state index in [0.717, 1.165) is 24.6 Å². The van der Waals surface area contributed by atoms with Crippen molar-refractivity contribution in [3.8, 4) is 0 Å². The minimum absolute atomic E-state index is 0.139. The molecule has 1 heterocycles. The Kier molecular flexibility index (Phi) is 8.79. The molecule has 1 aliphatic carbocycles. The molecule has 1 amide bonds. The standard InChI is InChI=1S/C25H33F3N2O2/c1-32-16-6-15-30(24(31)13-12-20-7-2-3-8-20)19-23-11-5-14-29(23)18-21-9-4-10-22(17-21)25(26,27)28/h4-5,9-11,14,17,20H,2-3,6-8,12-13,15-16,18-19H2,1H3. The van der Waals surface area contributed by atoms with E-state index in [1.54, 1.807) is 13.2 Å². The van der Waals surface area contributed by atoms with Crippen LogP contribution < -0.4 is 0 Å². The normalized spacial score (nSPS) is 14.8. The van der Waals surface area contributed by atoms with Crippen LogP contribution in [0.1, 0.15) is 61.8 Å². The number of methoxy groups -OCH3 is 1. The third-order valence-electron chi connectivity index (χ3n) is 6.25. The lowest BCUT2D eigenvalue weighted by molar-refractivity contribution is -0.137. The maximum absolute atomic E-state index is 13.1. The Balaban J connectivity index is 1.67. The fraction of sp³-hybridized carbons (Fsp3) is 0.560. The summed E-state index contributed by atoms with van der Waals surface area (Å²) in [6.07, 6.45) is 4.69. The summed E-state index contributed by atoms with van der Waals surface area (Å²) in [6.45, 7) is 1.96. The first-order valence-corrected chi connectivity index (χ1v) is 11.4. The van der Waals surface area contributed by atoms with Gasteiger partial charge in [0.05, 0.1) is 12.1 Å². The van der Waals surface area contributed by atoms with Crippen molar-refractivity contribution in [1.29, 1.82) is 0 Å². The number of amides is 1. The van der Waals surface area contributed by atoms with Crippen LogP contribution in [-0.4, -0.2) is 35.6 Å². The molecule has 4 nitrogen and oxygen atoms in total. The highest BCUT2D eigenvalue weighted by Gasteiger charge is 2.30. The largest absolute Gasteiger partial charge is 0.416 e. The number of rotatable bonds is 11. The third-order valence-corrected chi connectivity index (χ3v) is 6.25. The monoisotopic (exact) mass is 450 g/mol. The number of carbonyl (C=O) groups is 1. The van der Waals surface area contributed by atoms with Crippen LogP contribution in [0.3, 0.4) is 0 Å². The molecule has 0 bridgehead atoms. The number of alkyl halides is 3. The molecule has 7 heteroatoms. The van der Waals surface area contributed by atoms with Crippen LogP contribution >= 0.6 is 0 Å². The van der Waals surface area contributed by atoms with Gasteiger partial charge in [-0.1, -0.05) is 37.8 Å². The minimum atomic E-state index is -4.36. The van der Waals surface area contributed by atoms with Gasteiger partial charge < -0.3 is 14.2 Å². The average molecular weight is 451 g/mol. The maximum atomic E-state index is 13.1. The first-order chi connectivity index (χ1) is 15.4. The van der Waals surface area contributed by atoms with Crippen molar-refractivity contribution >= 4 is 5.91 Å². The van der Waals surface area contributed by atoms with Gasteiger partial charge in [-0.15, -0.1) is 0 Å². The molecule has 0 radical (unpaired) electrons. The zero-order valence-corrected chi connectivity index (χ0v) is 18.7. The van der Waals surface area contributed by atoms with Crippen LogP contribution in [0.15, 0.2) is 42.6 Å². The summed E-state index contributed by atoms with van der Waals surface area (Å²) in [6, 6.07) is 9.21. The second kappa shape index (κ2) is 11.5. The highest BCUT2D eigenvalue weighted by atomic mass is 19.4. The van der Waals surface area contributed by atoms with E-state index in [-0.39, 0.29) is 5.91 Å². The summed E-state index contributed by atoms with van der Waals surface area (Å²) in [7, 11) is 1.65. The second-order valence-electron chi connectivity index (χ2n) is 8.68. The number of nitrogens with zero attached hydrogens (tertiary/aromatic N) is 2. The Bertz CT molecular complexity index is 857. The van der Waals surface area contributed by atoms with Crippen LogP contribution in [0.25, 0.3) is 0 Å². The van der Waals surface area contributed by atoms with Gasteiger partial charge in [0.15, 0.2) is 0 Å². The van der Waals surface area contributed by atoms with Crippen LogP contribution in [0, 0.1) is 5.92 Å². The number of halogens is 3. The lowest BCUT2D eigenvalue weighted by Gasteiger charge is -2.24. The Morgan fingerprint density at radius 1 is 1.19 bits per heavy atom. The summed E-state index contributed by atoms with van der Waals surface area (Å²) < 4.78 is 46.2. The van der Waals surface area contributed by atoms with Gasteiger partial charge in [-0.05, 0) is 48.6 Å². The summed E-state index contributed by atoms with van der Waals surface area (Å²) in [5.74, 6) is 0.796. The van der Waals surface area contributed by atoms with Crippen molar-refractivity contribution in [2.24, 2.45) is 5.92 Å². The van der Waals surface area contributed by atoms with Gasteiger partial charge >= 0.3 is 6.18 Å². The van der Waals surface area contributed by atoms with E-state index in [2.05, 4.69) is 0 Å². The first-order valence-electron chi connectivity index (χ1n) is 11.4. The van der Waals surface area contributed by atoms with E-state index in [1.165, 1.54) is 37.8 Å².